The van der Waals surface area contributed by atoms with Gasteiger partial charge in [0.05, 0.1) is 5.02 Å². The lowest BCUT2D eigenvalue weighted by molar-refractivity contribution is -0.0461. The molecule has 0 radical (unpaired) electrons. The number of fused-ring (bicyclic) bond motifs is 1. The molecule has 272 valence electrons. The van der Waals surface area contributed by atoms with Crippen molar-refractivity contribution in [2.45, 2.75) is 71.2 Å². The number of benzene rings is 2. The number of likely N-dealkylation sites (N-methyl/N-ethyl adjacent to an activating group) is 3. The molecule has 0 aliphatic carbocycles. The van der Waals surface area contributed by atoms with E-state index in [1.165, 1.54) is 29.0 Å². The monoisotopic (exact) mass is 715 g/mol. The predicted octanol–water partition coefficient (Wildman–Crippen LogP) is 6.86. The second-order valence-electron chi connectivity index (χ2n) is 14.4. The first kappa shape index (κ1) is 38.3. The topological polar surface area (TPSA) is 148 Å². The zero-order valence-electron chi connectivity index (χ0n) is 30.0. The number of rotatable bonds is 7. The second kappa shape index (κ2) is 15.2. The van der Waals surface area contributed by atoms with Crippen molar-refractivity contribution in [3.8, 4) is 22.8 Å². The summed E-state index contributed by atoms with van der Waals surface area (Å²) in [4.78, 5) is 57.1. The summed E-state index contributed by atoms with van der Waals surface area (Å²) >= 11 is 6.47. The maximum Gasteiger partial charge on any atom is 0.509 e. The third-order valence-corrected chi connectivity index (χ3v) is 8.21. The predicted molar refractivity (Wildman–Crippen MR) is 188 cm³/mol. The van der Waals surface area contributed by atoms with E-state index in [4.69, 9.17) is 35.0 Å². The molecule has 4 rings (SSSR count). The SMILES string of the molecule is CN1CC[C@H](c2c(OC(=O)N(C)CCN(C)C(=O)OC(C)(C)C)cc(O)c3c(=O)cc(-c4ccccc4Cl)oc23)[C@H](OC(=O)OC(C)(C)C)C1. The summed E-state index contributed by atoms with van der Waals surface area (Å²) in [5, 5.41) is 11.4. The molecule has 13 nitrogen and oxygen atoms in total. The number of phenols is 1. The highest BCUT2D eigenvalue weighted by atomic mass is 35.5. The van der Waals surface area contributed by atoms with E-state index in [0.29, 0.717) is 23.6 Å². The quantitative estimate of drug-likeness (QED) is 0.256. The van der Waals surface area contributed by atoms with Crippen molar-refractivity contribution in [3.05, 3.63) is 57.2 Å². The second-order valence-corrected chi connectivity index (χ2v) is 14.8. The van der Waals surface area contributed by atoms with Gasteiger partial charge in [0.1, 0.15) is 45.5 Å². The number of amides is 2. The molecule has 1 saturated heterocycles. The molecular formula is C36H46ClN3O10. The molecule has 0 bridgehead atoms. The number of carbonyl (C=O) groups is 3. The van der Waals surface area contributed by atoms with Gasteiger partial charge >= 0.3 is 18.3 Å². The smallest absolute Gasteiger partial charge is 0.507 e. The maximum atomic E-state index is 13.6. The zero-order chi connectivity index (χ0) is 37.1. The van der Waals surface area contributed by atoms with Crippen LogP contribution in [0.2, 0.25) is 5.02 Å². The summed E-state index contributed by atoms with van der Waals surface area (Å²) < 4.78 is 29.0. The minimum Gasteiger partial charge on any atom is -0.507 e. The average Bonchev–Trinajstić information content (AvgIpc) is 2.98. The Balaban J connectivity index is 1.80. The van der Waals surface area contributed by atoms with Gasteiger partial charge in [-0.1, -0.05) is 23.7 Å². The summed E-state index contributed by atoms with van der Waals surface area (Å²) in [5.41, 5.74) is -1.44. The third kappa shape index (κ3) is 9.60. The summed E-state index contributed by atoms with van der Waals surface area (Å²) in [6.45, 7) is 11.5. The minimum absolute atomic E-state index is 0.0464. The number of hydrogen-bond donors (Lipinski definition) is 1. The average molecular weight is 716 g/mol. The van der Waals surface area contributed by atoms with Gasteiger partial charge in [-0.15, -0.1) is 0 Å². The number of carbonyl (C=O) groups excluding carboxylic acids is 3. The van der Waals surface area contributed by atoms with Gasteiger partial charge in [0.2, 0.25) is 0 Å². The summed E-state index contributed by atoms with van der Waals surface area (Å²) in [7, 11) is 4.91. The van der Waals surface area contributed by atoms with Crippen molar-refractivity contribution in [3.63, 3.8) is 0 Å². The molecule has 0 unspecified atom stereocenters. The Bertz CT molecular complexity index is 1800. The Kier molecular flexibility index (Phi) is 11.6. The molecule has 14 heteroatoms. The van der Waals surface area contributed by atoms with Crippen LogP contribution in [0, 0.1) is 0 Å². The number of phenolic OH excluding ortho intramolecular Hbond substituents is 1. The Hall–Kier alpha value is -4.49. The Labute approximate surface area is 296 Å². The highest BCUT2D eigenvalue weighted by molar-refractivity contribution is 6.33. The molecule has 1 aromatic heterocycles. The molecule has 1 aliphatic heterocycles. The van der Waals surface area contributed by atoms with Crippen molar-refractivity contribution in [2.24, 2.45) is 0 Å². The molecule has 1 fully saturated rings. The highest BCUT2D eigenvalue weighted by Crippen LogP contribution is 2.44. The van der Waals surface area contributed by atoms with E-state index in [2.05, 4.69) is 0 Å². The largest absolute Gasteiger partial charge is 0.509 e. The fourth-order valence-electron chi connectivity index (χ4n) is 5.45. The van der Waals surface area contributed by atoms with Gasteiger partial charge in [0.25, 0.3) is 0 Å². The normalized spacial score (nSPS) is 16.8. The van der Waals surface area contributed by atoms with Gasteiger partial charge in [-0.05, 0) is 73.7 Å². The van der Waals surface area contributed by atoms with E-state index in [0.717, 1.165) is 0 Å². The van der Waals surface area contributed by atoms with Crippen LogP contribution in [0.4, 0.5) is 14.4 Å². The summed E-state index contributed by atoms with van der Waals surface area (Å²) in [6, 6.07) is 9.22. The van der Waals surface area contributed by atoms with Gasteiger partial charge in [-0.25, -0.2) is 14.4 Å². The fraction of sp³-hybridized carbons (Fsp3) is 0.500. The number of piperidine rings is 1. The fourth-order valence-corrected chi connectivity index (χ4v) is 5.68. The van der Waals surface area contributed by atoms with Crippen LogP contribution < -0.4 is 10.2 Å². The summed E-state index contributed by atoms with van der Waals surface area (Å²) in [6.07, 6.45) is -2.70. The van der Waals surface area contributed by atoms with E-state index < -0.39 is 52.7 Å². The number of aromatic hydroxyl groups is 1. The van der Waals surface area contributed by atoms with Crippen molar-refractivity contribution < 1.29 is 42.9 Å². The van der Waals surface area contributed by atoms with Gasteiger partial charge in [0.15, 0.2) is 5.43 Å². The van der Waals surface area contributed by atoms with E-state index in [1.54, 1.807) is 72.9 Å². The molecule has 3 aromatic rings. The lowest BCUT2D eigenvalue weighted by Gasteiger charge is -2.37. The molecule has 2 amide bonds. The third-order valence-electron chi connectivity index (χ3n) is 7.88. The van der Waals surface area contributed by atoms with Crippen LogP contribution in [0.15, 0.2) is 45.6 Å². The number of ether oxygens (including phenoxy) is 4. The highest BCUT2D eigenvalue weighted by Gasteiger charge is 2.38. The first-order valence-corrected chi connectivity index (χ1v) is 16.7. The van der Waals surface area contributed by atoms with Crippen LogP contribution in [0.1, 0.15) is 59.4 Å². The van der Waals surface area contributed by atoms with Gasteiger partial charge in [-0.3, -0.25) is 4.79 Å². The molecule has 2 atom stereocenters. The lowest BCUT2D eigenvalue weighted by atomic mass is 9.85. The van der Waals surface area contributed by atoms with E-state index >= 15 is 0 Å². The minimum atomic E-state index is -0.892. The first-order valence-electron chi connectivity index (χ1n) is 16.3. The van der Waals surface area contributed by atoms with Crippen LogP contribution in [-0.4, -0.2) is 103 Å². The molecule has 0 saturated carbocycles. The van der Waals surface area contributed by atoms with Crippen molar-refractivity contribution in [1.82, 2.24) is 14.7 Å². The van der Waals surface area contributed by atoms with Crippen LogP contribution in [0.3, 0.4) is 0 Å². The molecule has 2 aromatic carbocycles. The van der Waals surface area contributed by atoms with Crippen LogP contribution in [-0.2, 0) is 14.2 Å². The molecule has 2 heterocycles. The number of nitrogens with zero attached hydrogens (tertiary/aromatic N) is 3. The molecule has 1 N–H and O–H groups in total. The van der Waals surface area contributed by atoms with Crippen molar-refractivity contribution in [1.29, 1.82) is 0 Å². The van der Waals surface area contributed by atoms with Crippen LogP contribution in [0.25, 0.3) is 22.3 Å². The molecular weight excluding hydrogens is 670 g/mol. The Morgan fingerprint density at radius 3 is 2.22 bits per heavy atom. The Morgan fingerprint density at radius 1 is 0.980 bits per heavy atom. The maximum absolute atomic E-state index is 13.6. The number of likely N-dealkylation sites (tertiary alicyclic amines) is 1. The number of hydrogen-bond acceptors (Lipinski definition) is 11. The molecule has 0 spiro atoms. The van der Waals surface area contributed by atoms with Crippen molar-refractivity contribution in [2.75, 3.05) is 47.3 Å². The lowest BCUT2D eigenvalue weighted by Crippen LogP contribution is -2.44. The van der Waals surface area contributed by atoms with Gasteiger partial charge in [0, 0.05) is 62.9 Å². The van der Waals surface area contributed by atoms with Crippen molar-refractivity contribution >= 4 is 40.9 Å². The van der Waals surface area contributed by atoms with E-state index in [9.17, 15) is 24.3 Å². The molecule has 1 aliphatic rings. The van der Waals surface area contributed by atoms with Gasteiger partial charge < -0.3 is 43.2 Å². The standard InChI is InChI=1S/C36H46ClN3O10/c1-35(2,3)49-33(44)40(9)17-16-39(8)32(43)47-27-19-25(42)30-24(41)18-26(21-12-10-11-13-23(21)37)46-31(30)29(27)22-14-15-38(7)20-28(22)48-34(45)50-36(4,5)6/h10-13,18-19,22,28,42H,14-17,20H2,1-9H3/t22-,28+/m0/s1. The van der Waals surface area contributed by atoms with Crippen LogP contribution in [0.5, 0.6) is 11.5 Å². The zero-order valence-corrected chi connectivity index (χ0v) is 30.8. The summed E-state index contributed by atoms with van der Waals surface area (Å²) in [5.74, 6) is -1.12. The van der Waals surface area contributed by atoms with Gasteiger partial charge in [-0.2, -0.15) is 0 Å². The first-order chi connectivity index (χ1) is 23.2. The number of halogens is 1. The van der Waals surface area contributed by atoms with Crippen LogP contribution >= 0.6 is 11.6 Å². The Morgan fingerprint density at radius 2 is 1.60 bits per heavy atom. The van der Waals surface area contributed by atoms with E-state index in [1.807, 2.05) is 11.9 Å². The molecule has 50 heavy (non-hydrogen) atoms. The van der Waals surface area contributed by atoms with E-state index in [-0.39, 0.29) is 47.7 Å².